The van der Waals surface area contributed by atoms with Crippen LogP contribution in [0.15, 0.2) is 36.0 Å². The first-order valence-electron chi connectivity index (χ1n) is 4.93. The van der Waals surface area contributed by atoms with Gasteiger partial charge in [0.25, 0.3) is 5.78 Å². The number of benzene rings is 1. The van der Waals surface area contributed by atoms with Crippen LogP contribution < -0.4 is 5.32 Å². The highest BCUT2D eigenvalue weighted by Gasteiger charge is 2.41. The smallest absolute Gasteiger partial charge is 0.351 e. The van der Waals surface area contributed by atoms with E-state index in [2.05, 4.69) is 0 Å². The minimum absolute atomic E-state index is 0.159. The van der Waals surface area contributed by atoms with Gasteiger partial charge in [-0.25, -0.2) is 0 Å². The summed E-state index contributed by atoms with van der Waals surface area (Å²) in [5.74, 6) is -2.61. The van der Waals surface area contributed by atoms with Crippen LogP contribution in [0.5, 0.6) is 0 Å². The molecule has 0 radical (unpaired) electrons. The molecule has 0 atom stereocenters. The quantitative estimate of drug-likeness (QED) is 0.664. The Balaban J connectivity index is 3.06. The van der Waals surface area contributed by atoms with E-state index in [1.165, 1.54) is 12.1 Å². The van der Waals surface area contributed by atoms with Crippen molar-refractivity contribution < 1.29 is 31.1 Å². The molecule has 0 heterocycles. The van der Waals surface area contributed by atoms with Crippen LogP contribution in [0.1, 0.15) is 0 Å². The Morgan fingerprint density at radius 3 is 1.90 bits per heavy atom. The van der Waals surface area contributed by atoms with Crippen LogP contribution in [0.2, 0.25) is 5.02 Å². The lowest BCUT2D eigenvalue weighted by Crippen LogP contribution is -2.26. The van der Waals surface area contributed by atoms with Crippen LogP contribution in [0.3, 0.4) is 0 Å². The van der Waals surface area contributed by atoms with Crippen LogP contribution >= 0.6 is 11.6 Å². The Morgan fingerprint density at radius 2 is 1.50 bits per heavy atom. The van der Waals surface area contributed by atoms with Crippen molar-refractivity contribution in [2.24, 2.45) is 0 Å². The highest BCUT2D eigenvalue weighted by molar-refractivity contribution is 6.30. The number of carbonyl (C=O) groups excluding carboxylic acids is 1. The van der Waals surface area contributed by atoms with E-state index in [0.29, 0.717) is 0 Å². The Bertz CT molecular complexity index is 517. The second-order valence-corrected chi connectivity index (χ2v) is 3.99. The number of allylic oxidation sites excluding steroid dienone is 2. The van der Waals surface area contributed by atoms with Crippen molar-refractivity contribution in [2.75, 3.05) is 5.32 Å². The third kappa shape index (κ3) is 4.76. The molecule has 1 N–H and O–H groups in total. The topological polar surface area (TPSA) is 29.1 Å². The van der Waals surface area contributed by atoms with Crippen LogP contribution in [0.25, 0.3) is 0 Å². The second kappa shape index (κ2) is 5.74. The van der Waals surface area contributed by atoms with E-state index in [-0.39, 0.29) is 10.7 Å². The minimum Gasteiger partial charge on any atom is -0.351 e. The fourth-order valence-electron chi connectivity index (χ4n) is 1.09. The van der Waals surface area contributed by atoms with Crippen LogP contribution in [0.4, 0.5) is 32.0 Å². The number of hydrogen-bond donors (Lipinski definition) is 1. The summed E-state index contributed by atoms with van der Waals surface area (Å²) in [6.45, 7) is 0. The molecule has 0 amide bonds. The zero-order chi connectivity index (χ0) is 15.6. The Kier molecular flexibility index (Phi) is 4.69. The summed E-state index contributed by atoms with van der Waals surface area (Å²) in [6.07, 6.45) is -11.0. The third-order valence-corrected chi connectivity index (χ3v) is 2.24. The van der Waals surface area contributed by atoms with Gasteiger partial charge in [-0.3, -0.25) is 4.79 Å². The largest absolute Gasteiger partial charge is 0.454 e. The van der Waals surface area contributed by atoms with Gasteiger partial charge in [-0.2, -0.15) is 26.3 Å². The van der Waals surface area contributed by atoms with Crippen molar-refractivity contribution in [1.29, 1.82) is 0 Å². The predicted molar refractivity (Wildman–Crippen MR) is 60.3 cm³/mol. The highest BCUT2D eigenvalue weighted by Crippen LogP contribution is 2.29. The van der Waals surface area contributed by atoms with Gasteiger partial charge >= 0.3 is 12.4 Å². The van der Waals surface area contributed by atoms with Gasteiger partial charge in [0.15, 0.2) is 0 Å². The van der Waals surface area contributed by atoms with E-state index in [1.54, 1.807) is 5.32 Å². The summed E-state index contributed by atoms with van der Waals surface area (Å²) in [5.41, 5.74) is -1.98. The number of alkyl halides is 6. The second-order valence-electron chi connectivity index (χ2n) is 3.55. The summed E-state index contributed by atoms with van der Waals surface area (Å²) in [7, 11) is 0. The molecule has 0 aliphatic carbocycles. The number of rotatable bonds is 3. The highest BCUT2D eigenvalue weighted by atomic mass is 35.5. The lowest BCUT2D eigenvalue weighted by molar-refractivity contribution is -0.165. The van der Waals surface area contributed by atoms with E-state index in [1.807, 2.05) is 0 Å². The number of carbonyl (C=O) groups is 1. The monoisotopic (exact) mass is 317 g/mol. The normalized spacial score (nSPS) is 13.2. The number of nitrogens with one attached hydrogen (secondary N) is 1. The standard InChI is InChI=1S/C11H6ClF6NO/c12-6-1-3-7(4-2-6)19-8(10(13,14)15)5-9(20)11(16,17)18/h1-5,19H/b8-5+. The lowest BCUT2D eigenvalue weighted by Gasteiger charge is -2.14. The molecule has 1 aromatic rings. The summed E-state index contributed by atoms with van der Waals surface area (Å²) in [4.78, 5) is 10.6. The van der Waals surface area contributed by atoms with Crippen LogP contribution in [-0.2, 0) is 4.79 Å². The van der Waals surface area contributed by atoms with E-state index < -0.39 is 29.9 Å². The van der Waals surface area contributed by atoms with E-state index in [4.69, 9.17) is 11.6 Å². The molecule has 0 aliphatic heterocycles. The molecule has 9 heteroatoms. The molecule has 0 unspecified atom stereocenters. The van der Waals surface area contributed by atoms with E-state index >= 15 is 0 Å². The molecule has 0 aromatic heterocycles. The maximum Gasteiger partial charge on any atom is 0.454 e. The summed E-state index contributed by atoms with van der Waals surface area (Å²) in [6, 6.07) is 4.73. The maximum absolute atomic E-state index is 12.6. The summed E-state index contributed by atoms with van der Waals surface area (Å²) < 4.78 is 73.6. The SMILES string of the molecule is O=C(/C=C(/Nc1ccc(Cl)cc1)C(F)(F)F)C(F)(F)F. The molecular formula is C11H6ClF6NO. The molecule has 0 bridgehead atoms. The molecule has 0 saturated heterocycles. The first-order chi connectivity index (χ1) is 9.00. The fraction of sp³-hybridized carbons (Fsp3) is 0.182. The summed E-state index contributed by atoms with van der Waals surface area (Å²) >= 11 is 5.51. The van der Waals surface area contributed by atoms with Crippen molar-refractivity contribution in [1.82, 2.24) is 0 Å². The van der Waals surface area contributed by atoms with Gasteiger partial charge in [0.2, 0.25) is 0 Å². The molecule has 110 valence electrons. The van der Waals surface area contributed by atoms with Gasteiger partial charge in [0, 0.05) is 16.8 Å². The van der Waals surface area contributed by atoms with Gasteiger partial charge in [-0.15, -0.1) is 0 Å². The zero-order valence-corrected chi connectivity index (χ0v) is 10.2. The molecule has 0 saturated carbocycles. The number of hydrogen-bond acceptors (Lipinski definition) is 2. The van der Waals surface area contributed by atoms with Crippen molar-refractivity contribution in [2.45, 2.75) is 12.4 Å². The third-order valence-electron chi connectivity index (χ3n) is 1.98. The number of anilines is 1. The van der Waals surface area contributed by atoms with Gasteiger partial charge in [0.05, 0.1) is 0 Å². The van der Waals surface area contributed by atoms with Gasteiger partial charge < -0.3 is 5.32 Å². The maximum atomic E-state index is 12.6. The molecule has 0 fully saturated rings. The summed E-state index contributed by atoms with van der Waals surface area (Å²) in [5, 5.41) is 1.94. The zero-order valence-electron chi connectivity index (χ0n) is 9.44. The fourth-order valence-corrected chi connectivity index (χ4v) is 1.22. The van der Waals surface area contributed by atoms with E-state index in [0.717, 1.165) is 12.1 Å². The van der Waals surface area contributed by atoms with Crippen molar-refractivity contribution in [3.05, 3.63) is 41.1 Å². The molecule has 2 nitrogen and oxygen atoms in total. The lowest BCUT2D eigenvalue weighted by atomic mass is 10.2. The van der Waals surface area contributed by atoms with Crippen LogP contribution in [-0.4, -0.2) is 18.1 Å². The van der Waals surface area contributed by atoms with Gasteiger partial charge in [-0.05, 0) is 24.3 Å². The van der Waals surface area contributed by atoms with E-state index in [9.17, 15) is 31.1 Å². The van der Waals surface area contributed by atoms with Crippen molar-refractivity contribution >= 4 is 23.1 Å². The Hall–Kier alpha value is -1.70. The molecular weight excluding hydrogens is 312 g/mol. The first-order valence-corrected chi connectivity index (χ1v) is 5.30. The van der Waals surface area contributed by atoms with Gasteiger partial charge in [-0.1, -0.05) is 11.6 Å². The number of ketones is 1. The Labute approximate surface area is 114 Å². The molecule has 0 spiro atoms. The van der Waals surface area contributed by atoms with Crippen LogP contribution in [0, 0.1) is 0 Å². The molecule has 1 rings (SSSR count). The minimum atomic E-state index is -5.38. The molecule has 20 heavy (non-hydrogen) atoms. The molecule has 1 aromatic carbocycles. The molecule has 0 aliphatic rings. The average molecular weight is 318 g/mol. The first kappa shape index (κ1) is 16.4. The van der Waals surface area contributed by atoms with Crippen molar-refractivity contribution in [3.8, 4) is 0 Å². The van der Waals surface area contributed by atoms with Gasteiger partial charge in [0.1, 0.15) is 5.70 Å². The average Bonchev–Trinajstić information content (AvgIpc) is 2.28. The number of halogens is 7. The predicted octanol–water partition coefficient (Wildman–Crippen LogP) is 4.33. The Morgan fingerprint density at radius 1 is 1.00 bits per heavy atom. The van der Waals surface area contributed by atoms with Crippen molar-refractivity contribution in [3.63, 3.8) is 0 Å².